The fraction of sp³-hybridized carbons (Fsp3) is 1.00. The highest BCUT2D eigenvalue weighted by Crippen LogP contribution is 2.50. The summed E-state index contributed by atoms with van der Waals surface area (Å²) in [6.45, 7) is 0. The third-order valence-corrected chi connectivity index (χ3v) is 3.64. The van der Waals surface area contributed by atoms with E-state index in [9.17, 15) is 5.11 Å². The molecule has 0 aromatic carbocycles. The normalized spacial score (nSPS) is 52.2. The molecule has 0 spiro atoms. The summed E-state index contributed by atoms with van der Waals surface area (Å²) in [5.41, 5.74) is -0.482. The average Bonchev–Trinajstić information content (AvgIpc) is 2.46. The maximum absolute atomic E-state index is 9.86. The number of hydrogen-bond donors (Lipinski definition) is 1. The second-order valence-corrected chi connectivity index (χ2v) is 4.08. The number of halogens is 1. The Morgan fingerprint density at radius 3 is 2.60 bits per heavy atom. The van der Waals surface area contributed by atoms with E-state index in [1.54, 1.807) is 0 Å². The van der Waals surface area contributed by atoms with Crippen molar-refractivity contribution in [3.05, 3.63) is 0 Å². The molecule has 0 aromatic rings. The van der Waals surface area contributed by atoms with Crippen LogP contribution in [0.3, 0.4) is 0 Å². The van der Waals surface area contributed by atoms with Crippen molar-refractivity contribution in [3.8, 4) is 0 Å². The highest BCUT2D eigenvalue weighted by molar-refractivity contribution is 6.18. The molecule has 2 rings (SSSR count). The molecular formula is C8H13ClO. The van der Waals surface area contributed by atoms with Crippen LogP contribution in [-0.2, 0) is 0 Å². The number of aliphatic hydroxyl groups is 1. The van der Waals surface area contributed by atoms with Crippen LogP contribution in [-0.4, -0.2) is 16.6 Å². The minimum absolute atomic E-state index is 0.439. The Morgan fingerprint density at radius 2 is 2.30 bits per heavy atom. The number of fused-ring (bicyclic) bond motifs is 2. The molecule has 1 nitrogen and oxygen atoms in total. The fourth-order valence-corrected chi connectivity index (χ4v) is 2.91. The van der Waals surface area contributed by atoms with Crippen LogP contribution in [0, 0.1) is 11.8 Å². The van der Waals surface area contributed by atoms with E-state index in [0.29, 0.717) is 11.8 Å². The van der Waals surface area contributed by atoms with Crippen molar-refractivity contribution in [2.24, 2.45) is 11.8 Å². The second-order valence-electron chi connectivity index (χ2n) is 3.82. The zero-order valence-electron chi connectivity index (χ0n) is 6.02. The van der Waals surface area contributed by atoms with Gasteiger partial charge in [-0.05, 0) is 37.5 Å². The Labute approximate surface area is 66.4 Å². The Kier molecular flexibility index (Phi) is 1.47. The quantitative estimate of drug-likeness (QED) is 0.580. The third kappa shape index (κ3) is 0.802. The van der Waals surface area contributed by atoms with E-state index < -0.39 is 5.60 Å². The summed E-state index contributed by atoms with van der Waals surface area (Å²) in [7, 11) is 0. The van der Waals surface area contributed by atoms with E-state index in [1.807, 2.05) is 0 Å². The van der Waals surface area contributed by atoms with Crippen molar-refractivity contribution in [1.29, 1.82) is 0 Å². The summed E-state index contributed by atoms with van der Waals surface area (Å²) in [5, 5.41) is 9.86. The van der Waals surface area contributed by atoms with Crippen LogP contribution in [0.1, 0.15) is 25.7 Å². The molecule has 3 atom stereocenters. The molecule has 2 heteroatoms. The Bertz CT molecular complexity index is 148. The Balaban J connectivity index is 2.14. The van der Waals surface area contributed by atoms with Gasteiger partial charge in [-0.1, -0.05) is 0 Å². The van der Waals surface area contributed by atoms with Gasteiger partial charge in [0.1, 0.15) is 0 Å². The smallest absolute Gasteiger partial charge is 0.0813 e. The van der Waals surface area contributed by atoms with Gasteiger partial charge in [0.05, 0.1) is 11.5 Å². The molecule has 0 amide bonds. The zero-order chi connectivity index (χ0) is 7.19. The predicted molar refractivity (Wildman–Crippen MR) is 41.1 cm³/mol. The van der Waals surface area contributed by atoms with Crippen LogP contribution in [0.5, 0.6) is 0 Å². The van der Waals surface area contributed by atoms with Crippen molar-refractivity contribution in [2.45, 2.75) is 31.3 Å². The molecule has 2 bridgehead atoms. The van der Waals surface area contributed by atoms with Crippen LogP contribution in [0.25, 0.3) is 0 Å². The number of rotatable bonds is 1. The third-order valence-electron chi connectivity index (χ3n) is 3.17. The van der Waals surface area contributed by atoms with Crippen LogP contribution >= 0.6 is 11.6 Å². The standard InChI is InChI=1S/C8H13ClO/c9-5-8(10)4-6-1-2-7(8)3-6/h6-7,10H,1-5H2/t6-,7+,8-/m1/s1. The molecule has 0 aromatic heterocycles. The van der Waals surface area contributed by atoms with E-state index in [2.05, 4.69) is 0 Å². The van der Waals surface area contributed by atoms with E-state index in [4.69, 9.17) is 11.6 Å². The first kappa shape index (κ1) is 6.93. The van der Waals surface area contributed by atoms with Gasteiger partial charge in [-0.3, -0.25) is 0 Å². The fourth-order valence-electron chi connectivity index (χ4n) is 2.58. The lowest BCUT2D eigenvalue weighted by Gasteiger charge is -2.29. The monoisotopic (exact) mass is 160 g/mol. The molecule has 0 unspecified atom stereocenters. The van der Waals surface area contributed by atoms with Gasteiger partial charge in [0.25, 0.3) is 0 Å². The van der Waals surface area contributed by atoms with E-state index >= 15 is 0 Å². The minimum Gasteiger partial charge on any atom is -0.388 e. The van der Waals surface area contributed by atoms with E-state index in [0.717, 1.165) is 12.3 Å². The van der Waals surface area contributed by atoms with Crippen LogP contribution < -0.4 is 0 Å². The molecule has 1 N–H and O–H groups in total. The van der Waals surface area contributed by atoms with Gasteiger partial charge in [0.15, 0.2) is 0 Å². The van der Waals surface area contributed by atoms with Crippen molar-refractivity contribution in [3.63, 3.8) is 0 Å². The number of alkyl halides is 1. The summed E-state index contributed by atoms with van der Waals surface area (Å²) in [6, 6.07) is 0. The van der Waals surface area contributed by atoms with Crippen LogP contribution in [0.2, 0.25) is 0 Å². The summed E-state index contributed by atoms with van der Waals surface area (Å²) < 4.78 is 0. The van der Waals surface area contributed by atoms with Gasteiger partial charge >= 0.3 is 0 Å². The minimum atomic E-state index is -0.482. The molecule has 0 radical (unpaired) electrons. The topological polar surface area (TPSA) is 20.2 Å². The van der Waals surface area contributed by atoms with Crippen LogP contribution in [0.4, 0.5) is 0 Å². The van der Waals surface area contributed by atoms with Crippen LogP contribution in [0.15, 0.2) is 0 Å². The van der Waals surface area contributed by atoms with Crippen molar-refractivity contribution >= 4 is 11.6 Å². The summed E-state index contributed by atoms with van der Waals surface area (Å²) >= 11 is 5.69. The molecule has 2 fully saturated rings. The largest absolute Gasteiger partial charge is 0.388 e. The first-order valence-corrected chi connectivity index (χ1v) is 4.56. The first-order valence-electron chi connectivity index (χ1n) is 4.03. The SMILES string of the molecule is O[C@@]1(CCl)C[C@@H]2CC[C@H]1C2. The van der Waals surface area contributed by atoms with Gasteiger partial charge < -0.3 is 5.11 Å². The molecule has 0 saturated heterocycles. The highest BCUT2D eigenvalue weighted by Gasteiger charge is 2.49. The van der Waals surface area contributed by atoms with Gasteiger partial charge in [-0.2, -0.15) is 0 Å². The molecule has 0 heterocycles. The molecule has 2 saturated carbocycles. The molecule has 2 aliphatic rings. The maximum Gasteiger partial charge on any atom is 0.0813 e. The van der Waals surface area contributed by atoms with Crippen molar-refractivity contribution in [1.82, 2.24) is 0 Å². The summed E-state index contributed by atoms with van der Waals surface area (Å²) in [6.07, 6.45) is 4.71. The lowest BCUT2D eigenvalue weighted by atomic mass is 9.86. The maximum atomic E-state index is 9.86. The Hall–Kier alpha value is 0.250. The molecule has 0 aliphatic heterocycles. The predicted octanol–water partition coefficient (Wildman–Crippen LogP) is 1.78. The molecule has 58 valence electrons. The Morgan fingerprint density at radius 1 is 1.50 bits per heavy atom. The van der Waals surface area contributed by atoms with Gasteiger partial charge in [0.2, 0.25) is 0 Å². The van der Waals surface area contributed by atoms with Gasteiger partial charge in [-0.15, -0.1) is 11.6 Å². The summed E-state index contributed by atoms with van der Waals surface area (Å²) in [4.78, 5) is 0. The van der Waals surface area contributed by atoms with E-state index in [-0.39, 0.29) is 0 Å². The molecule has 2 aliphatic carbocycles. The van der Waals surface area contributed by atoms with E-state index in [1.165, 1.54) is 19.3 Å². The van der Waals surface area contributed by atoms with Crippen molar-refractivity contribution in [2.75, 3.05) is 5.88 Å². The highest BCUT2D eigenvalue weighted by atomic mass is 35.5. The molecule has 10 heavy (non-hydrogen) atoms. The average molecular weight is 161 g/mol. The number of hydrogen-bond acceptors (Lipinski definition) is 1. The summed E-state index contributed by atoms with van der Waals surface area (Å²) in [5.74, 6) is 1.75. The van der Waals surface area contributed by atoms with Gasteiger partial charge in [0, 0.05) is 0 Å². The van der Waals surface area contributed by atoms with Crippen molar-refractivity contribution < 1.29 is 5.11 Å². The lowest BCUT2D eigenvalue weighted by molar-refractivity contribution is 0.00876. The van der Waals surface area contributed by atoms with Gasteiger partial charge in [-0.25, -0.2) is 0 Å². The second kappa shape index (κ2) is 2.12. The lowest BCUT2D eigenvalue weighted by Crippen LogP contribution is -2.36. The molecular weight excluding hydrogens is 148 g/mol. The first-order chi connectivity index (χ1) is 4.74. The zero-order valence-corrected chi connectivity index (χ0v) is 6.77.